The molecular weight excluding hydrogens is 460 g/mol. The standard InChI is InChI=1S/C27H35ClN6O/c1-10-20-19(23-17(5)30-24(16(3)4)25(23)29-11-2)12-13-21(32-20)35-22-14-18(31-26(28)33-22)15-34(9)27(6,7)8/h10,12-14,29-30H,1,3,11,15H2,2,4-9H3. The number of pyridine rings is 1. The number of rotatable bonds is 9. The summed E-state index contributed by atoms with van der Waals surface area (Å²) in [4.78, 5) is 18.9. The molecule has 0 spiro atoms. The number of allylic oxidation sites excluding steroid dienone is 1. The summed E-state index contributed by atoms with van der Waals surface area (Å²) in [6.45, 7) is 22.0. The molecule has 0 bridgehead atoms. The fraction of sp³-hybridized carbons (Fsp3) is 0.370. The van der Waals surface area contributed by atoms with Gasteiger partial charge in [0.05, 0.1) is 22.8 Å². The van der Waals surface area contributed by atoms with Crippen LogP contribution in [0.5, 0.6) is 11.8 Å². The molecule has 35 heavy (non-hydrogen) atoms. The Bertz CT molecular complexity index is 1240. The quantitative estimate of drug-likeness (QED) is 0.313. The van der Waals surface area contributed by atoms with Crippen molar-refractivity contribution < 1.29 is 4.74 Å². The van der Waals surface area contributed by atoms with Crippen LogP contribution in [0.25, 0.3) is 22.8 Å². The van der Waals surface area contributed by atoms with E-state index in [1.165, 1.54) is 0 Å². The van der Waals surface area contributed by atoms with Crippen LogP contribution in [0.1, 0.15) is 57.4 Å². The largest absolute Gasteiger partial charge is 0.421 e. The molecule has 3 rings (SSSR count). The highest BCUT2D eigenvalue weighted by atomic mass is 35.5. The maximum absolute atomic E-state index is 6.20. The Morgan fingerprint density at radius 3 is 2.54 bits per heavy atom. The number of ether oxygens (including phenoxy) is 1. The van der Waals surface area contributed by atoms with Gasteiger partial charge >= 0.3 is 0 Å². The second-order valence-electron chi connectivity index (χ2n) is 9.57. The number of aromatic nitrogens is 4. The lowest BCUT2D eigenvalue weighted by Crippen LogP contribution is -2.37. The molecule has 0 radical (unpaired) electrons. The zero-order valence-electron chi connectivity index (χ0n) is 21.7. The third-order valence-corrected chi connectivity index (χ3v) is 5.98. The number of nitrogens with zero attached hydrogens (tertiary/aromatic N) is 4. The van der Waals surface area contributed by atoms with Crippen LogP contribution < -0.4 is 10.1 Å². The average Bonchev–Trinajstić information content (AvgIpc) is 3.09. The van der Waals surface area contributed by atoms with Gasteiger partial charge < -0.3 is 15.0 Å². The van der Waals surface area contributed by atoms with E-state index in [1.54, 1.807) is 12.1 Å². The molecule has 3 heterocycles. The molecule has 0 atom stereocenters. The Balaban J connectivity index is 1.96. The summed E-state index contributed by atoms with van der Waals surface area (Å²) in [6.07, 6.45) is 1.72. The van der Waals surface area contributed by atoms with E-state index in [4.69, 9.17) is 21.3 Å². The number of nitrogens with one attached hydrogen (secondary N) is 2. The monoisotopic (exact) mass is 494 g/mol. The Kier molecular flexibility index (Phi) is 8.03. The van der Waals surface area contributed by atoms with Gasteiger partial charge in [-0.1, -0.05) is 13.2 Å². The first kappa shape index (κ1) is 26.4. The van der Waals surface area contributed by atoms with Gasteiger partial charge in [0.2, 0.25) is 17.0 Å². The van der Waals surface area contributed by atoms with Gasteiger partial charge in [-0.25, -0.2) is 9.97 Å². The highest BCUT2D eigenvalue weighted by Crippen LogP contribution is 2.39. The Labute approximate surface area is 213 Å². The van der Waals surface area contributed by atoms with Gasteiger partial charge in [-0.05, 0) is 77.9 Å². The predicted octanol–water partition coefficient (Wildman–Crippen LogP) is 6.96. The molecule has 0 aromatic carbocycles. The molecule has 186 valence electrons. The van der Waals surface area contributed by atoms with Gasteiger partial charge in [0, 0.05) is 47.6 Å². The molecule has 0 amide bonds. The highest BCUT2D eigenvalue weighted by Gasteiger charge is 2.21. The van der Waals surface area contributed by atoms with Gasteiger partial charge in [0.25, 0.3) is 0 Å². The first-order valence-corrected chi connectivity index (χ1v) is 12.0. The van der Waals surface area contributed by atoms with Gasteiger partial charge in [0.1, 0.15) is 0 Å². The number of hydrogen-bond acceptors (Lipinski definition) is 6. The van der Waals surface area contributed by atoms with Crippen molar-refractivity contribution in [3.8, 4) is 22.9 Å². The molecule has 3 aromatic heterocycles. The highest BCUT2D eigenvalue weighted by molar-refractivity contribution is 6.28. The summed E-state index contributed by atoms with van der Waals surface area (Å²) in [7, 11) is 2.04. The molecule has 0 aliphatic rings. The normalized spacial score (nSPS) is 11.6. The van der Waals surface area contributed by atoms with Crippen LogP contribution in [0, 0.1) is 6.92 Å². The Morgan fingerprint density at radius 1 is 1.23 bits per heavy atom. The molecule has 0 aliphatic carbocycles. The number of anilines is 1. The molecule has 0 saturated carbocycles. The first-order chi connectivity index (χ1) is 16.4. The summed E-state index contributed by atoms with van der Waals surface area (Å²) >= 11 is 6.20. The summed E-state index contributed by atoms with van der Waals surface area (Å²) in [5.74, 6) is 0.736. The van der Waals surface area contributed by atoms with E-state index < -0.39 is 0 Å². The Hall–Kier alpha value is -3.16. The molecule has 3 aromatic rings. The molecule has 7 nitrogen and oxygen atoms in total. The number of halogens is 1. The van der Waals surface area contributed by atoms with Crippen molar-refractivity contribution in [1.82, 2.24) is 24.8 Å². The van der Waals surface area contributed by atoms with E-state index in [2.05, 4.69) is 66.0 Å². The topological polar surface area (TPSA) is 79.0 Å². The SMILES string of the molecule is C=Cc1nc(Oc2cc(CN(C)C(C)(C)C)nc(Cl)n2)ccc1-c1c(C)[nH]c(C(=C)C)c1NCC. The van der Waals surface area contributed by atoms with Crippen molar-refractivity contribution >= 4 is 28.9 Å². The van der Waals surface area contributed by atoms with Gasteiger partial charge in [-0.3, -0.25) is 4.90 Å². The van der Waals surface area contributed by atoms with E-state index in [9.17, 15) is 0 Å². The van der Waals surface area contributed by atoms with Crippen LogP contribution in [0.3, 0.4) is 0 Å². The van der Waals surface area contributed by atoms with Crippen molar-refractivity contribution in [1.29, 1.82) is 0 Å². The predicted molar refractivity (Wildman–Crippen MR) is 146 cm³/mol. The number of aryl methyl sites for hydroxylation is 1. The second-order valence-corrected chi connectivity index (χ2v) is 9.91. The zero-order chi connectivity index (χ0) is 25.9. The third-order valence-electron chi connectivity index (χ3n) is 5.81. The van der Waals surface area contributed by atoms with Crippen LogP contribution >= 0.6 is 11.6 Å². The molecule has 0 aliphatic heterocycles. The van der Waals surface area contributed by atoms with Crippen molar-refractivity contribution in [2.45, 2.75) is 53.6 Å². The van der Waals surface area contributed by atoms with Gasteiger partial charge in [0.15, 0.2) is 0 Å². The van der Waals surface area contributed by atoms with Crippen LogP contribution in [-0.4, -0.2) is 44.0 Å². The van der Waals surface area contributed by atoms with E-state index in [0.29, 0.717) is 24.0 Å². The summed E-state index contributed by atoms with van der Waals surface area (Å²) < 4.78 is 6.00. The summed E-state index contributed by atoms with van der Waals surface area (Å²) in [6, 6.07) is 5.59. The van der Waals surface area contributed by atoms with E-state index >= 15 is 0 Å². The fourth-order valence-electron chi connectivity index (χ4n) is 3.68. The maximum Gasteiger partial charge on any atom is 0.225 e. The lowest BCUT2D eigenvalue weighted by atomic mass is 10.0. The average molecular weight is 495 g/mol. The van der Waals surface area contributed by atoms with E-state index in [-0.39, 0.29) is 10.8 Å². The third kappa shape index (κ3) is 6.10. The lowest BCUT2D eigenvalue weighted by molar-refractivity contribution is 0.165. The van der Waals surface area contributed by atoms with Crippen LogP contribution in [0.2, 0.25) is 5.28 Å². The number of aromatic amines is 1. The van der Waals surface area contributed by atoms with Gasteiger partial charge in [-0.15, -0.1) is 0 Å². The first-order valence-electron chi connectivity index (χ1n) is 11.6. The van der Waals surface area contributed by atoms with Crippen molar-refractivity contribution in [2.24, 2.45) is 0 Å². The second kappa shape index (κ2) is 10.6. The van der Waals surface area contributed by atoms with Crippen LogP contribution in [-0.2, 0) is 6.54 Å². The lowest BCUT2D eigenvalue weighted by Gasteiger charge is -2.31. The van der Waals surface area contributed by atoms with Crippen LogP contribution in [0.4, 0.5) is 5.69 Å². The molecular formula is C27H35ClN6O. The molecule has 8 heteroatoms. The summed E-state index contributed by atoms with van der Waals surface area (Å²) in [5.41, 5.74) is 7.40. The minimum absolute atomic E-state index is 0.0133. The zero-order valence-corrected chi connectivity index (χ0v) is 22.5. The van der Waals surface area contributed by atoms with Gasteiger partial charge in [-0.2, -0.15) is 4.98 Å². The van der Waals surface area contributed by atoms with E-state index in [0.717, 1.165) is 46.0 Å². The summed E-state index contributed by atoms with van der Waals surface area (Å²) in [5, 5.41) is 3.60. The Morgan fingerprint density at radius 2 is 1.94 bits per heavy atom. The molecule has 0 unspecified atom stereocenters. The number of H-pyrrole nitrogens is 1. The molecule has 2 N–H and O–H groups in total. The van der Waals surface area contributed by atoms with Crippen molar-refractivity contribution in [2.75, 3.05) is 18.9 Å². The maximum atomic E-state index is 6.20. The fourth-order valence-corrected chi connectivity index (χ4v) is 3.87. The van der Waals surface area contributed by atoms with E-state index in [1.807, 2.05) is 33.0 Å². The van der Waals surface area contributed by atoms with Crippen molar-refractivity contribution in [3.63, 3.8) is 0 Å². The molecule has 0 saturated heterocycles. The van der Waals surface area contributed by atoms with Crippen LogP contribution in [0.15, 0.2) is 31.4 Å². The minimum Gasteiger partial charge on any atom is -0.421 e. The molecule has 0 fully saturated rings. The smallest absolute Gasteiger partial charge is 0.225 e. The minimum atomic E-state index is -0.0133. The number of hydrogen-bond donors (Lipinski definition) is 2. The van der Waals surface area contributed by atoms with Crippen molar-refractivity contribution in [3.05, 3.63) is 59.4 Å².